The highest BCUT2D eigenvalue weighted by atomic mass is 32.2. The number of aromatic nitrogens is 3. The third-order valence-corrected chi connectivity index (χ3v) is 3.91. The Hall–Kier alpha value is -1.93. The van der Waals surface area contributed by atoms with Crippen molar-refractivity contribution in [2.75, 3.05) is 6.54 Å². The fourth-order valence-electron chi connectivity index (χ4n) is 1.53. The van der Waals surface area contributed by atoms with Crippen molar-refractivity contribution >= 4 is 10.0 Å². The minimum absolute atomic E-state index is 0.0493. The van der Waals surface area contributed by atoms with E-state index in [1.54, 1.807) is 17.1 Å². The highest BCUT2D eigenvalue weighted by molar-refractivity contribution is 7.89. The topological polar surface area (TPSA) is 97.1 Å². The van der Waals surface area contributed by atoms with Crippen LogP contribution in [0, 0.1) is 0 Å². The molecule has 0 radical (unpaired) electrons. The van der Waals surface area contributed by atoms with E-state index in [4.69, 9.17) is 0 Å². The Labute approximate surface area is 110 Å². The van der Waals surface area contributed by atoms with Crippen LogP contribution in [0.2, 0.25) is 0 Å². The van der Waals surface area contributed by atoms with E-state index >= 15 is 0 Å². The van der Waals surface area contributed by atoms with Crippen molar-refractivity contribution in [1.29, 1.82) is 0 Å². The number of rotatable bonds is 6. The van der Waals surface area contributed by atoms with Gasteiger partial charge in [0.25, 0.3) is 0 Å². The molecule has 1 aromatic carbocycles. The molecule has 7 nitrogen and oxygen atoms in total. The number of aryl methyl sites for hydroxylation is 1. The van der Waals surface area contributed by atoms with Crippen LogP contribution < -0.4 is 4.72 Å². The van der Waals surface area contributed by atoms with Crippen LogP contribution in [0.25, 0.3) is 0 Å². The maximum absolute atomic E-state index is 11.9. The summed E-state index contributed by atoms with van der Waals surface area (Å²) >= 11 is 0. The molecule has 0 bridgehead atoms. The number of nitrogens with one attached hydrogen (secondary N) is 1. The van der Waals surface area contributed by atoms with Crippen LogP contribution in [0.5, 0.6) is 5.75 Å². The third kappa shape index (κ3) is 3.76. The summed E-state index contributed by atoms with van der Waals surface area (Å²) in [5, 5.41) is 16.7. The third-order valence-electron chi connectivity index (χ3n) is 2.46. The van der Waals surface area contributed by atoms with Crippen LogP contribution in [-0.2, 0) is 16.6 Å². The molecule has 1 heterocycles. The molecule has 0 atom stereocenters. The Morgan fingerprint density at radius 3 is 2.89 bits per heavy atom. The van der Waals surface area contributed by atoms with Gasteiger partial charge in [-0.25, -0.2) is 13.1 Å². The first-order valence-electron chi connectivity index (χ1n) is 5.71. The molecular formula is C11H14N4O3S. The molecule has 19 heavy (non-hydrogen) atoms. The molecule has 0 fully saturated rings. The summed E-state index contributed by atoms with van der Waals surface area (Å²) in [5.74, 6) is -0.0782. The van der Waals surface area contributed by atoms with E-state index in [0.717, 1.165) is 0 Å². The lowest BCUT2D eigenvalue weighted by atomic mass is 10.3. The monoisotopic (exact) mass is 282 g/mol. The summed E-state index contributed by atoms with van der Waals surface area (Å²) in [4.78, 5) is 0.0493. The molecule has 1 aromatic heterocycles. The molecular weight excluding hydrogens is 268 g/mol. The standard InChI is InChI=1S/C11H14N4O3S/c16-10-3-1-4-11(9-10)19(17,18)13-5-2-7-15-8-6-12-14-15/h1,3-4,6,8-9,13,16H,2,5,7H2. The largest absolute Gasteiger partial charge is 0.508 e. The van der Waals surface area contributed by atoms with Gasteiger partial charge in [0.15, 0.2) is 0 Å². The Balaban J connectivity index is 1.88. The van der Waals surface area contributed by atoms with Crippen molar-refractivity contribution in [3.63, 3.8) is 0 Å². The molecule has 0 aliphatic rings. The number of benzene rings is 1. The smallest absolute Gasteiger partial charge is 0.240 e. The fraction of sp³-hybridized carbons (Fsp3) is 0.273. The lowest BCUT2D eigenvalue weighted by Crippen LogP contribution is -2.25. The van der Waals surface area contributed by atoms with E-state index in [1.807, 2.05) is 0 Å². The maximum Gasteiger partial charge on any atom is 0.240 e. The lowest BCUT2D eigenvalue weighted by Gasteiger charge is -2.06. The van der Waals surface area contributed by atoms with Crippen molar-refractivity contribution in [3.8, 4) is 5.75 Å². The number of nitrogens with zero attached hydrogens (tertiary/aromatic N) is 3. The maximum atomic E-state index is 11.9. The zero-order valence-corrected chi connectivity index (χ0v) is 10.9. The van der Waals surface area contributed by atoms with Crippen LogP contribution in [0.15, 0.2) is 41.6 Å². The number of hydrogen-bond acceptors (Lipinski definition) is 5. The zero-order valence-electron chi connectivity index (χ0n) is 10.1. The van der Waals surface area contributed by atoms with Crippen LogP contribution in [-0.4, -0.2) is 35.1 Å². The summed E-state index contributed by atoms with van der Waals surface area (Å²) in [6.07, 6.45) is 3.88. The molecule has 0 unspecified atom stereocenters. The van der Waals surface area contributed by atoms with Gasteiger partial charge in [0.2, 0.25) is 10.0 Å². The Kier molecular flexibility index (Phi) is 4.13. The van der Waals surface area contributed by atoms with Crippen molar-refractivity contribution in [2.24, 2.45) is 0 Å². The van der Waals surface area contributed by atoms with E-state index in [9.17, 15) is 13.5 Å². The van der Waals surface area contributed by atoms with Gasteiger partial charge < -0.3 is 5.11 Å². The van der Waals surface area contributed by atoms with Gasteiger partial charge in [-0.05, 0) is 24.6 Å². The molecule has 0 aliphatic heterocycles. The summed E-state index contributed by atoms with van der Waals surface area (Å²) in [6.45, 7) is 0.875. The van der Waals surface area contributed by atoms with Gasteiger partial charge in [-0.1, -0.05) is 11.3 Å². The van der Waals surface area contributed by atoms with Crippen LogP contribution in [0.3, 0.4) is 0 Å². The SMILES string of the molecule is O=S(=O)(NCCCn1ccnn1)c1cccc(O)c1. The number of phenols is 1. The summed E-state index contributed by atoms with van der Waals surface area (Å²) < 4.78 is 27.9. The molecule has 0 saturated heterocycles. The summed E-state index contributed by atoms with van der Waals surface area (Å²) in [7, 11) is -3.58. The van der Waals surface area contributed by atoms with Gasteiger partial charge in [0.1, 0.15) is 5.75 Å². The van der Waals surface area contributed by atoms with E-state index in [2.05, 4.69) is 15.0 Å². The summed E-state index contributed by atoms with van der Waals surface area (Å²) in [6, 6.07) is 5.54. The molecule has 102 valence electrons. The molecule has 0 amide bonds. The van der Waals surface area contributed by atoms with E-state index in [-0.39, 0.29) is 17.2 Å². The number of phenolic OH excluding ortho intramolecular Hbond substituents is 1. The predicted molar refractivity (Wildman–Crippen MR) is 67.9 cm³/mol. The second kappa shape index (κ2) is 5.81. The number of hydrogen-bond donors (Lipinski definition) is 2. The van der Waals surface area contributed by atoms with Crippen molar-refractivity contribution < 1.29 is 13.5 Å². The second-order valence-electron chi connectivity index (χ2n) is 3.91. The van der Waals surface area contributed by atoms with Crippen LogP contribution >= 0.6 is 0 Å². The molecule has 0 saturated carbocycles. The van der Waals surface area contributed by atoms with Crippen LogP contribution in [0.4, 0.5) is 0 Å². The Morgan fingerprint density at radius 1 is 1.37 bits per heavy atom. The van der Waals surface area contributed by atoms with Gasteiger partial charge in [-0.15, -0.1) is 5.10 Å². The Bertz CT molecular complexity index is 625. The minimum atomic E-state index is -3.58. The first-order valence-corrected chi connectivity index (χ1v) is 7.19. The average molecular weight is 282 g/mol. The normalized spacial score (nSPS) is 11.6. The quantitative estimate of drug-likeness (QED) is 0.745. The van der Waals surface area contributed by atoms with E-state index in [0.29, 0.717) is 13.0 Å². The molecule has 2 rings (SSSR count). The highest BCUT2D eigenvalue weighted by Gasteiger charge is 2.13. The van der Waals surface area contributed by atoms with E-state index in [1.165, 1.54) is 24.3 Å². The molecule has 2 aromatic rings. The first-order chi connectivity index (χ1) is 9.08. The number of aromatic hydroxyl groups is 1. The zero-order chi connectivity index (χ0) is 13.7. The van der Waals surface area contributed by atoms with Gasteiger partial charge in [0, 0.05) is 19.3 Å². The molecule has 0 aliphatic carbocycles. The first kappa shape index (κ1) is 13.5. The van der Waals surface area contributed by atoms with Crippen molar-refractivity contribution in [3.05, 3.63) is 36.7 Å². The minimum Gasteiger partial charge on any atom is -0.508 e. The van der Waals surface area contributed by atoms with Gasteiger partial charge in [-0.2, -0.15) is 0 Å². The summed E-state index contributed by atoms with van der Waals surface area (Å²) in [5.41, 5.74) is 0. The van der Waals surface area contributed by atoms with Gasteiger partial charge in [-0.3, -0.25) is 4.68 Å². The molecule has 8 heteroatoms. The average Bonchev–Trinajstić information content (AvgIpc) is 2.88. The lowest BCUT2D eigenvalue weighted by molar-refractivity contribution is 0.473. The van der Waals surface area contributed by atoms with Gasteiger partial charge >= 0.3 is 0 Å². The predicted octanol–water partition coefficient (Wildman–Crippen LogP) is 0.352. The van der Waals surface area contributed by atoms with Crippen molar-refractivity contribution in [1.82, 2.24) is 19.7 Å². The van der Waals surface area contributed by atoms with E-state index < -0.39 is 10.0 Å². The highest BCUT2D eigenvalue weighted by Crippen LogP contribution is 2.15. The fourth-order valence-corrected chi connectivity index (χ4v) is 2.65. The molecule has 0 spiro atoms. The number of sulfonamides is 1. The molecule has 2 N–H and O–H groups in total. The second-order valence-corrected chi connectivity index (χ2v) is 5.68. The van der Waals surface area contributed by atoms with Crippen LogP contribution in [0.1, 0.15) is 6.42 Å². The van der Waals surface area contributed by atoms with Crippen molar-refractivity contribution in [2.45, 2.75) is 17.9 Å². The Morgan fingerprint density at radius 2 is 2.21 bits per heavy atom. The van der Waals surface area contributed by atoms with Gasteiger partial charge in [0.05, 0.1) is 11.1 Å².